The van der Waals surface area contributed by atoms with E-state index >= 15 is 0 Å². The highest BCUT2D eigenvalue weighted by Gasteiger charge is 2.29. The van der Waals surface area contributed by atoms with Gasteiger partial charge < -0.3 is 20.8 Å². The summed E-state index contributed by atoms with van der Waals surface area (Å²) < 4.78 is 30.2. The molecule has 0 aliphatic heterocycles. The SMILES string of the molecule is COC(=O)Nc1ccc(-c2nc([C@H](Cc3ccccc3)NC(=O)CCc3cc(Cl)ccc3C(N)S(=O)(=O)C(C)C)[nH]c2Cl)cc1. The third kappa shape index (κ3) is 8.64. The highest BCUT2D eigenvalue weighted by atomic mass is 35.5. The lowest BCUT2D eigenvalue weighted by molar-refractivity contribution is -0.121. The van der Waals surface area contributed by atoms with Crippen molar-refractivity contribution in [2.75, 3.05) is 12.4 Å². The van der Waals surface area contributed by atoms with E-state index in [1.165, 1.54) is 7.11 Å². The lowest BCUT2D eigenvalue weighted by Gasteiger charge is -2.20. The maximum absolute atomic E-state index is 13.4. The number of anilines is 1. The van der Waals surface area contributed by atoms with Crippen LogP contribution in [-0.2, 0) is 32.2 Å². The Balaban J connectivity index is 1.55. The van der Waals surface area contributed by atoms with E-state index in [0.29, 0.717) is 45.3 Å². The van der Waals surface area contributed by atoms with Crippen LogP contribution >= 0.6 is 23.2 Å². The number of halogens is 2. The smallest absolute Gasteiger partial charge is 0.411 e. The summed E-state index contributed by atoms with van der Waals surface area (Å²) in [5.74, 6) is 0.173. The Kier molecular flexibility index (Phi) is 11.3. The summed E-state index contributed by atoms with van der Waals surface area (Å²) >= 11 is 12.8. The van der Waals surface area contributed by atoms with Crippen molar-refractivity contribution in [1.29, 1.82) is 0 Å². The molecule has 3 aromatic carbocycles. The lowest BCUT2D eigenvalue weighted by Crippen LogP contribution is -2.31. The third-order valence-electron chi connectivity index (χ3n) is 7.26. The van der Waals surface area contributed by atoms with Crippen molar-refractivity contribution in [3.8, 4) is 11.3 Å². The average Bonchev–Trinajstić information content (AvgIpc) is 3.41. The number of aromatic nitrogens is 2. The number of hydrogen-bond acceptors (Lipinski definition) is 7. The Morgan fingerprint density at radius 2 is 1.71 bits per heavy atom. The minimum Gasteiger partial charge on any atom is -0.453 e. The molecule has 0 saturated heterocycles. The molecule has 2 amide bonds. The summed E-state index contributed by atoms with van der Waals surface area (Å²) in [5.41, 5.74) is 9.88. The van der Waals surface area contributed by atoms with Gasteiger partial charge in [-0.05, 0) is 67.6 Å². The van der Waals surface area contributed by atoms with Gasteiger partial charge in [0.05, 0.1) is 18.4 Å². The fraction of sp³-hybridized carbons (Fsp3) is 0.281. The van der Waals surface area contributed by atoms with E-state index in [2.05, 4.69) is 20.4 Å². The first kappa shape index (κ1) is 34.0. The zero-order chi connectivity index (χ0) is 32.7. The number of H-pyrrole nitrogens is 1. The molecule has 0 radical (unpaired) electrons. The maximum Gasteiger partial charge on any atom is 0.411 e. The number of nitrogens with two attached hydrogens (primary N) is 1. The van der Waals surface area contributed by atoms with Crippen LogP contribution in [0.2, 0.25) is 10.2 Å². The summed E-state index contributed by atoms with van der Waals surface area (Å²) in [4.78, 5) is 32.7. The number of benzene rings is 3. The van der Waals surface area contributed by atoms with Crippen LogP contribution in [0.1, 0.15) is 54.2 Å². The van der Waals surface area contributed by atoms with Crippen molar-refractivity contribution in [3.63, 3.8) is 0 Å². The molecule has 0 saturated carbocycles. The zero-order valence-electron chi connectivity index (χ0n) is 25.0. The number of aryl methyl sites for hydroxylation is 1. The molecule has 0 aliphatic carbocycles. The second-order valence-corrected chi connectivity index (χ2v) is 14.1. The first-order chi connectivity index (χ1) is 21.4. The van der Waals surface area contributed by atoms with E-state index in [0.717, 1.165) is 5.56 Å². The van der Waals surface area contributed by atoms with Crippen molar-refractivity contribution in [2.45, 2.75) is 49.8 Å². The molecule has 1 heterocycles. The van der Waals surface area contributed by atoms with E-state index in [1.807, 2.05) is 30.3 Å². The third-order valence-corrected chi connectivity index (χ3v) is 10.0. The van der Waals surface area contributed by atoms with Crippen LogP contribution in [0.5, 0.6) is 0 Å². The first-order valence-electron chi connectivity index (χ1n) is 14.2. The number of nitrogens with one attached hydrogen (secondary N) is 3. The molecule has 4 aromatic rings. The second-order valence-electron chi connectivity index (χ2n) is 10.7. The molecule has 0 bridgehead atoms. The van der Waals surface area contributed by atoms with Crippen LogP contribution in [0.4, 0.5) is 10.5 Å². The van der Waals surface area contributed by atoms with Gasteiger partial charge in [-0.1, -0.05) is 71.7 Å². The van der Waals surface area contributed by atoms with Crippen LogP contribution in [0.3, 0.4) is 0 Å². The standard InChI is InChI=1S/C32H35Cl2N5O5S/c1-19(2)45(42,43)30(35)25-15-12-23(33)18-22(25)11-16-27(40)37-26(17-20-7-5-4-6-8-20)31-38-28(29(34)39-31)21-9-13-24(14-10-21)36-32(41)44-3/h4-10,12-15,18-19,26,30H,11,16-17,35H2,1-3H3,(H,36,41)(H,37,40)(H,38,39)/t26-,30?/m0/s1. The number of nitrogens with zero attached hydrogens (tertiary/aromatic N) is 1. The number of aromatic amines is 1. The highest BCUT2D eigenvalue weighted by Crippen LogP contribution is 2.30. The second kappa shape index (κ2) is 14.9. The normalized spacial score (nSPS) is 12.9. The molecule has 5 N–H and O–H groups in total. The maximum atomic E-state index is 13.4. The molecule has 4 rings (SSSR count). The molecular formula is C32H35Cl2N5O5S. The first-order valence-corrected chi connectivity index (χ1v) is 16.6. The lowest BCUT2D eigenvalue weighted by atomic mass is 10.0. The van der Waals surface area contributed by atoms with Gasteiger partial charge in [-0.3, -0.25) is 10.1 Å². The van der Waals surface area contributed by atoms with Crippen molar-refractivity contribution < 1.29 is 22.7 Å². The van der Waals surface area contributed by atoms with Crippen molar-refractivity contribution in [2.24, 2.45) is 5.73 Å². The van der Waals surface area contributed by atoms with Gasteiger partial charge in [0.25, 0.3) is 0 Å². The van der Waals surface area contributed by atoms with Gasteiger partial charge in [0.15, 0.2) is 9.84 Å². The summed E-state index contributed by atoms with van der Waals surface area (Å²) in [6.07, 6.45) is 0.107. The number of carbonyl (C=O) groups excluding carboxylic acids is 2. The minimum absolute atomic E-state index is 0.0447. The van der Waals surface area contributed by atoms with E-state index in [9.17, 15) is 18.0 Å². The molecule has 2 atom stereocenters. The molecular weight excluding hydrogens is 637 g/mol. The van der Waals surface area contributed by atoms with Crippen LogP contribution in [0.15, 0.2) is 72.8 Å². The van der Waals surface area contributed by atoms with Crippen LogP contribution in [-0.4, -0.2) is 42.7 Å². The minimum atomic E-state index is -3.64. The summed E-state index contributed by atoms with van der Waals surface area (Å²) in [6.45, 7) is 3.16. The van der Waals surface area contributed by atoms with Crippen LogP contribution in [0.25, 0.3) is 11.3 Å². The quantitative estimate of drug-likeness (QED) is 0.136. The molecule has 0 aliphatic rings. The number of sulfone groups is 1. The predicted molar refractivity (Wildman–Crippen MR) is 177 cm³/mol. The Hall–Kier alpha value is -3.90. The largest absolute Gasteiger partial charge is 0.453 e. The molecule has 10 nitrogen and oxygen atoms in total. The van der Waals surface area contributed by atoms with Gasteiger partial charge in [-0.25, -0.2) is 18.2 Å². The van der Waals surface area contributed by atoms with Gasteiger partial charge in [-0.2, -0.15) is 0 Å². The molecule has 238 valence electrons. The van der Waals surface area contributed by atoms with Crippen molar-refractivity contribution in [1.82, 2.24) is 15.3 Å². The Bertz CT molecular complexity index is 1750. The number of hydrogen-bond donors (Lipinski definition) is 4. The Labute approximate surface area is 272 Å². The monoisotopic (exact) mass is 671 g/mol. The predicted octanol–water partition coefficient (Wildman–Crippen LogP) is 6.38. The van der Waals surface area contributed by atoms with E-state index < -0.39 is 32.6 Å². The van der Waals surface area contributed by atoms with Gasteiger partial charge in [0.2, 0.25) is 5.91 Å². The molecule has 1 unspecified atom stereocenters. The van der Waals surface area contributed by atoms with Crippen molar-refractivity contribution in [3.05, 3.63) is 105 Å². The molecule has 45 heavy (non-hydrogen) atoms. The topological polar surface area (TPSA) is 156 Å². The Morgan fingerprint density at radius 3 is 2.36 bits per heavy atom. The molecule has 13 heteroatoms. The number of imidazole rings is 1. The van der Waals surface area contributed by atoms with Gasteiger partial charge >= 0.3 is 6.09 Å². The molecule has 1 aromatic heterocycles. The van der Waals surface area contributed by atoms with E-state index in [1.54, 1.807) is 56.3 Å². The Morgan fingerprint density at radius 1 is 1.02 bits per heavy atom. The van der Waals surface area contributed by atoms with Gasteiger partial charge in [0, 0.05) is 22.7 Å². The number of ether oxygens (including phenoxy) is 1. The number of rotatable bonds is 12. The zero-order valence-corrected chi connectivity index (χ0v) is 27.3. The molecule has 0 fully saturated rings. The molecule has 0 spiro atoms. The van der Waals surface area contributed by atoms with E-state index in [-0.39, 0.29) is 23.9 Å². The average molecular weight is 673 g/mol. The van der Waals surface area contributed by atoms with Gasteiger partial charge in [0.1, 0.15) is 22.0 Å². The summed E-state index contributed by atoms with van der Waals surface area (Å²) in [6, 6.07) is 20.8. The highest BCUT2D eigenvalue weighted by molar-refractivity contribution is 7.92. The number of methoxy groups -OCH3 is 1. The number of amides is 2. The van der Waals surface area contributed by atoms with Crippen LogP contribution < -0.4 is 16.4 Å². The fourth-order valence-corrected chi connectivity index (χ4v) is 6.34. The van der Waals surface area contributed by atoms with Crippen molar-refractivity contribution >= 4 is 50.7 Å². The summed E-state index contributed by atoms with van der Waals surface area (Å²) in [5, 5.41) is 4.44. The number of carbonyl (C=O) groups is 2. The van der Waals surface area contributed by atoms with E-state index in [4.69, 9.17) is 33.9 Å². The summed E-state index contributed by atoms with van der Waals surface area (Å²) in [7, 11) is -2.36. The van der Waals surface area contributed by atoms with Crippen LogP contribution in [0, 0.1) is 0 Å². The van der Waals surface area contributed by atoms with Gasteiger partial charge in [-0.15, -0.1) is 0 Å². The fourth-order valence-electron chi connectivity index (χ4n) is 4.72.